The van der Waals surface area contributed by atoms with Gasteiger partial charge in [0.1, 0.15) is 0 Å². The summed E-state index contributed by atoms with van der Waals surface area (Å²) in [5.74, 6) is -0.205. The summed E-state index contributed by atoms with van der Waals surface area (Å²) < 4.78 is 1.75. The van der Waals surface area contributed by atoms with E-state index in [0.29, 0.717) is 5.56 Å². The molecule has 5 nitrogen and oxygen atoms in total. The van der Waals surface area contributed by atoms with Crippen molar-refractivity contribution in [2.24, 2.45) is 0 Å². The van der Waals surface area contributed by atoms with Gasteiger partial charge >= 0.3 is 0 Å². The van der Waals surface area contributed by atoms with Gasteiger partial charge in [0.05, 0.1) is 11.8 Å². The fraction of sp³-hybridized carbons (Fsp3) is 0.333. The van der Waals surface area contributed by atoms with Crippen molar-refractivity contribution in [1.29, 1.82) is 0 Å². The van der Waals surface area contributed by atoms with Gasteiger partial charge in [0.25, 0.3) is 5.91 Å². The molecule has 0 saturated heterocycles. The van der Waals surface area contributed by atoms with Crippen LogP contribution in [0.4, 0.5) is 0 Å². The van der Waals surface area contributed by atoms with Crippen molar-refractivity contribution in [3.63, 3.8) is 0 Å². The minimum Gasteiger partial charge on any atom is -0.270 e. The monoisotopic (exact) mass is 271 g/mol. The van der Waals surface area contributed by atoms with E-state index < -0.39 is 0 Å². The van der Waals surface area contributed by atoms with Crippen molar-refractivity contribution in [1.82, 2.24) is 15.3 Å². The first kappa shape index (κ1) is 12.9. The molecule has 1 aliphatic carbocycles. The van der Waals surface area contributed by atoms with E-state index in [1.54, 1.807) is 23.0 Å². The lowest BCUT2D eigenvalue weighted by atomic mass is 10.2. The number of carbonyl (C=O) groups is 1. The van der Waals surface area contributed by atoms with Crippen LogP contribution >= 0.6 is 0 Å². The molecule has 1 aromatic carbocycles. The highest BCUT2D eigenvalue weighted by atomic mass is 16.7. The highest BCUT2D eigenvalue weighted by Gasteiger charge is 2.17. The SMILES string of the molecule is O=C(NOC1CCCC1)c1ccc(-n2cccn2)cc1. The van der Waals surface area contributed by atoms with E-state index in [4.69, 9.17) is 4.84 Å². The molecule has 0 spiro atoms. The van der Waals surface area contributed by atoms with Gasteiger partial charge in [-0.2, -0.15) is 5.10 Å². The molecule has 0 aliphatic heterocycles. The molecule has 1 aromatic heterocycles. The van der Waals surface area contributed by atoms with Crippen LogP contribution in [0.3, 0.4) is 0 Å². The Morgan fingerprint density at radius 2 is 2.00 bits per heavy atom. The van der Waals surface area contributed by atoms with Gasteiger partial charge in [0.2, 0.25) is 0 Å². The van der Waals surface area contributed by atoms with E-state index in [-0.39, 0.29) is 12.0 Å². The molecule has 1 aliphatic rings. The van der Waals surface area contributed by atoms with E-state index in [0.717, 1.165) is 18.5 Å². The first-order valence-electron chi connectivity index (χ1n) is 6.89. The second-order valence-corrected chi connectivity index (χ2v) is 4.95. The number of amides is 1. The van der Waals surface area contributed by atoms with E-state index in [1.165, 1.54) is 12.8 Å². The molecule has 104 valence electrons. The van der Waals surface area contributed by atoms with Crippen LogP contribution in [-0.2, 0) is 4.84 Å². The van der Waals surface area contributed by atoms with Crippen LogP contribution < -0.4 is 5.48 Å². The van der Waals surface area contributed by atoms with Crippen LogP contribution in [0.25, 0.3) is 5.69 Å². The molecule has 5 heteroatoms. The number of hydrogen-bond donors (Lipinski definition) is 1. The van der Waals surface area contributed by atoms with Gasteiger partial charge in [-0.25, -0.2) is 10.2 Å². The van der Waals surface area contributed by atoms with Crippen molar-refractivity contribution < 1.29 is 9.63 Å². The minimum atomic E-state index is -0.205. The van der Waals surface area contributed by atoms with Crippen molar-refractivity contribution in [3.8, 4) is 5.69 Å². The summed E-state index contributed by atoms with van der Waals surface area (Å²) in [6, 6.07) is 9.11. The van der Waals surface area contributed by atoms with Crippen molar-refractivity contribution >= 4 is 5.91 Å². The Morgan fingerprint density at radius 3 is 2.65 bits per heavy atom. The number of hydroxylamine groups is 1. The molecule has 1 N–H and O–H groups in total. The third-order valence-corrected chi connectivity index (χ3v) is 3.52. The first-order chi connectivity index (χ1) is 9.83. The molecule has 2 aromatic rings. The van der Waals surface area contributed by atoms with Crippen molar-refractivity contribution in [3.05, 3.63) is 48.3 Å². The molecule has 1 heterocycles. The topological polar surface area (TPSA) is 56.1 Å². The molecule has 3 rings (SSSR count). The number of aromatic nitrogens is 2. The van der Waals surface area contributed by atoms with E-state index in [9.17, 15) is 4.79 Å². The van der Waals surface area contributed by atoms with Gasteiger partial charge in [-0.3, -0.25) is 9.63 Å². The third-order valence-electron chi connectivity index (χ3n) is 3.52. The van der Waals surface area contributed by atoms with Crippen LogP contribution in [0.2, 0.25) is 0 Å². The minimum absolute atomic E-state index is 0.169. The number of hydrogen-bond acceptors (Lipinski definition) is 3. The fourth-order valence-corrected chi connectivity index (χ4v) is 2.39. The predicted molar refractivity (Wildman–Crippen MR) is 74.4 cm³/mol. The zero-order chi connectivity index (χ0) is 13.8. The Labute approximate surface area is 117 Å². The molecule has 1 saturated carbocycles. The fourth-order valence-electron chi connectivity index (χ4n) is 2.39. The van der Waals surface area contributed by atoms with Crippen LogP contribution in [0.1, 0.15) is 36.0 Å². The lowest BCUT2D eigenvalue weighted by Crippen LogP contribution is -2.28. The highest BCUT2D eigenvalue weighted by molar-refractivity contribution is 5.93. The molecule has 0 unspecified atom stereocenters. The third kappa shape index (κ3) is 2.88. The van der Waals surface area contributed by atoms with Crippen molar-refractivity contribution in [2.45, 2.75) is 31.8 Å². The summed E-state index contributed by atoms with van der Waals surface area (Å²) in [7, 11) is 0. The number of nitrogens with zero attached hydrogens (tertiary/aromatic N) is 2. The Kier molecular flexibility index (Phi) is 3.78. The van der Waals surface area contributed by atoms with Gasteiger partial charge < -0.3 is 0 Å². The molecular formula is C15H17N3O2. The number of rotatable bonds is 4. The summed E-state index contributed by atoms with van der Waals surface area (Å²) in [4.78, 5) is 17.3. The number of nitrogens with one attached hydrogen (secondary N) is 1. The normalized spacial score (nSPS) is 15.4. The first-order valence-corrected chi connectivity index (χ1v) is 6.89. The van der Waals surface area contributed by atoms with Crippen LogP contribution in [0.15, 0.2) is 42.7 Å². The summed E-state index contributed by atoms with van der Waals surface area (Å²) in [5.41, 5.74) is 4.04. The number of benzene rings is 1. The van der Waals surface area contributed by atoms with Gasteiger partial charge in [0.15, 0.2) is 0 Å². The summed E-state index contributed by atoms with van der Waals surface area (Å²) in [5, 5.41) is 4.14. The van der Waals surface area contributed by atoms with Gasteiger partial charge in [0, 0.05) is 18.0 Å². The molecule has 0 radical (unpaired) electrons. The van der Waals surface area contributed by atoms with E-state index in [2.05, 4.69) is 10.6 Å². The summed E-state index contributed by atoms with van der Waals surface area (Å²) in [6.45, 7) is 0. The maximum absolute atomic E-state index is 11.9. The Bertz CT molecular complexity index is 557. The standard InChI is InChI=1S/C15H17N3O2/c19-15(17-20-14-4-1-2-5-14)12-6-8-13(9-7-12)18-11-3-10-16-18/h3,6-11,14H,1-2,4-5H2,(H,17,19). The van der Waals surface area contributed by atoms with E-state index >= 15 is 0 Å². The quantitative estimate of drug-likeness (QED) is 0.869. The summed E-state index contributed by atoms with van der Waals surface area (Å²) in [6.07, 6.45) is 8.16. The molecule has 1 amide bonds. The lowest BCUT2D eigenvalue weighted by Gasteiger charge is -2.11. The highest BCUT2D eigenvalue weighted by Crippen LogP contribution is 2.20. The molecular weight excluding hydrogens is 254 g/mol. The maximum Gasteiger partial charge on any atom is 0.274 e. The molecule has 0 atom stereocenters. The maximum atomic E-state index is 11.9. The van der Waals surface area contributed by atoms with Gasteiger partial charge in [-0.15, -0.1) is 0 Å². The average Bonchev–Trinajstić information content (AvgIpc) is 3.18. The van der Waals surface area contributed by atoms with Crippen LogP contribution in [0, 0.1) is 0 Å². The smallest absolute Gasteiger partial charge is 0.270 e. The largest absolute Gasteiger partial charge is 0.274 e. The van der Waals surface area contributed by atoms with Crippen LogP contribution in [0.5, 0.6) is 0 Å². The summed E-state index contributed by atoms with van der Waals surface area (Å²) >= 11 is 0. The Balaban J connectivity index is 1.60. The molecule has 20 heavy (non-hydrogen) atoms. The van der Waals surface area contributed by atoms with Crippen LogP contribution in [-0.4, -0.2) is 21.8 Å². The Morgan fingerprint density at radius 1 is 1.25 bits per heavy atom. The average molecular weight is 271 g/mol. The Hall–Kier alpha value is -2.14. The lowest BCUT2D eigenvalue weighted by molar-refractivity contribution is -0.0124. The second-order valence-electron chi connectivity index (χ2n) is 4.95. The molecule has 1 fully saturated rings. The van der Waals surface area contributed by atoms with Gasteiger partial charge in [-0.05, 0) is 43.2 Å². The van der Waals surface area contributed by atoms with Gasteiger partial charge in [-0.1, -0.05) is 12.8 Å². The van der Waals surface area contributed by atoms with E-state index in [1.807, 2.05) is 24.4 Å². The zero-order valence-corrected chi connectivity index (χ0v) is 11.2. The molecule has 0 bridgehead atoms. The predicted octanol–water partition coefficient (Wildman–Crippen LogP) is 2.48. The second kappa shape index (κ2) is 5.88. The number of carbonyl (C=O) groups excluding carboxylic acids is 1. The van der Waals surface area contributed by atoms with Crippen molar-refractivity contribution in [2.75, 3.05) is 0 Å². The zero-order valence-electron chi connectivity index (χ0n) is 11.2.